The molecule has 0 spiro atoms. The van der Waals surface area contributed by atoms with Crippen molar-refractivity contribution in [3.63, 3.8) is 0 Å². The smallest absolute Gasteiger partial charge is 0.335 e. The maximum atomic E-state index is 11.6. The minimum atomic E-state index is -0.953. The lowest BCUT2D eigenvalue weighted by atomic mass is 10.2. The van der Waals surface area contributed by atoms with Crippen LogP contribution in [-0.4, -0.2) is 33.4 Å². The predicted octanol–water partition coefficient (Wildman–Crippen LogP) is 3.37. The number of unbranched alkanes of at least 4 members (excludes halogenated alkanes) is 1. The summed E-state index contributed by atoms with van der Waals surface area (Å²) < 4.78 is 5.58. The van der Waals surface area contributed by atoms with E-state index < -0.39 is 5.97 Å². The van der Waals surface area contributed by atoms with Gasteiger partial charge >= 0.3 is 5.97 Å². The number of aromatic amines is 1. The molecule has 134 valence electrons. The first-order valence-electron chi connectivity index (χ1n) is 8.27. The van der Waals surface area contributed by atoms with Crippen molar-refractivity contribution in [3.8, 4) is 5.75 Å². The molecule has 0 aliphatic carbocycles. The molecule has 7 heteroatoms. The van der Waals surface area contributed by atoms with Crippen LogP contribution >= 0.6 is 11.8 Å². The summed E-state index contributed by atoms with van der Waals surface area (Å²) in [4.78, 5) is 29.6. The van der Waals surface area contributed by atoms with Crippen molar-refractivity contribution in [2.45, 2.75) is 37.8 Å². The molecule has 0 saturated carbocycles. The molecule has 0 saturated heterocycles. The van der Waals surface area contributed by atoms with Crippen LogP contribution in [0.2, 0.25) is 0 Å². The number of aryl methyl sites for hydroxylation is 1. The van der Waals surface area contributed by atoms with Gasteiger partial charge in [-0.05, 0) is 43.5 Å². The van der Waals surface area contributed by atoms with Gasteiger partial charge in [0.05, 0.1) is 12.2 Å². The number of aromatic carboxylic acids is 1. The summed E-state index contributed by atoms with van der Waals surface area (Å²) in [7, 11) is 0. The highest BCUT2D eigenvalue weighted by molar-refractivity contribution is 7.99. The molecule has 1 aromatic carbocycles. The molecule has 0 fully saturated rings. The van der Waals surface area contributed by atoms with E-state index >= 15 is 0 Å². The number of carboxylic acid groups (broad SMARTS) is 1. The molecule has 6 nitrogen and oxygen atoms in total. The normalized spacial score (nSPS) is 10.6. The second kappa shape index (κ2) is 9.88. The third kappa shape index (κ3) is 6.62. The topological polar surface area (TPSA) is 92.3 Å². The van der Waals surface area contributed by atoms with E-state index in [9.17, 15) is 9.59 Å². The summed E-state index contributed by atoms with van der Waals surface area (Å²) >= 11 is 1.50. The van der Waals surface area contributed by atoms with Gasteiger partial charge in [0.25, 0.3) is 5.56 Å². The number of hydrogen-bond donors (Lipinski definition) is 2. The average Bonchev–Trinajstić information content (AvgIpc) is 2.59. The molecular weight excluding hydrogens is 340 g/mol. The van der Waals surface area contributed by atoms with Crippen LogP contribution in [0.3, 0.4) is 0 Å². The Morgan fingerprint density at radius 3 is 2.72 bits per heavy atom. The van der Waals surface area contributed by atoms with E-state index in [2.05, 4.69) is 16.9 Å². The van der Waals surface area contributed by atoms with E-state index in [0.29, 0.717) is 17.5 Å². The fourth-order valence-corrected chi connectivity index (χ4v) is 2.96. The molecule has 2 rings (SSSR count). The van der Waals surface area contributed by atoms with E-state index in [1.165, 1.54) is 23.9 Å². The van der Waals surface area contributed by atoms with Gasteiger partial charge in [0.1, 0.15) is 5.75 Å². The second-order valence-corrected chi connectivity index (χ2v) is 6.61. The maximum absolute atomic E-state index is 11.6. The van der Waals surface area contributed by atoms with E-state index in [1.807, 2.05) is 0 Å². The largest absolute Gasteiger partial charge is 0.494 e. The average molecular weight is 362 g/mol. The second-order valence-electron chi connectivity index (χ2n) is 5.53. The van der Waals surface area contributed by atoms with Crippen LogP contribution in [0.5, 0.6) is 5.75 Å². The van der Waals surface area contributed by atoms with E-state index in [1.54, 1.807) is 18.2 Å². The van der Waals surface area contributed by atoms with Gasteiger partial charge in [-0.3, -0.25) is 4.79 Å². The quantitative estimate of drug-likeness (QED) is 0.382. The number of aromatic nitrogens is 2. The van der Waals surface area contributed by atoms with Gasteiger partial charge in [-0.15, -0.1) is 0 Å². The predicted molar refractivity (Wildman–Crippen MR) is 97.7 cm³/mol. The molecule has 25 heavy (non-hydrogen) atoms. The summed E-state index contributed by atoms with van der Waals surface area (Å²) in [6.07, 6.45) is 3.70. The highest BCUT2D eigenvalue weighted by Gasteiger charge is 2.04. The van der Waals surface area contributed by atoms with Crippen molar-refractivity contribution in [3.05, 3.63) is 51.9 Å². The van der Waals surface area contributed by atoms with Gasteiger partial charge in [0, 0.05) is 17.5 Å². The maximum Gasteiger partial charge on any atom is 0.335 e. The first-order valence-corrected chi connectivity index (χ1v) is 9.26. The molecule has 1 aromatic heterocycles. The molecular formula is C18H22N2O4S. The number of nitrogens with one attached hydrogen (secondary N) is 1. The number of hydrogen-bond acceptors (Lipinski definition) is 5. The Hall–Kier alpha value is -2.28. The molecule has 0 aliphatic rings. The van der Waals surface area contributed by atoms with Crippen molar-refractivity contribution in [1.82, 2.24) is 9.97 Å². The molecule has 0 amide bonds. The van der Waals surface area contributed by atoms with Crippen molar-refractivity contribution >= 4 is 17.7 Å². The number of nitrogens with zero attached hydrogens (tertiary/aromatic N) is 1. The molecule has 1 heterocycles. The zero-order valence-corrected chi connectivity index (χ0v) is 15.0. The van der Waals surface area contributed by atoms with Gasteiger partial charge in [-0.2, -0.15) is 0 Å². The molecule has 2 N–H and O–H groups in total. The van der Waals surface area contributed by atoms with Crippen molar-refractivity contribution in [2.75, 3.05) is 12.4 Å². The first-order chi connectivity index (χ1) is 12.1. The Kier molecular flexibility index (Phi) is 7.53. The van der Waals surface area contributed by atoms with Crippen LogP contribution in [0.4, 0.5) is 0 Å². The molecule has 0 unspecified atom stereocenters. The summed E-state index contributed by atoms with van der Waals surface area (Å²) in [6, 6.07) is 7.88. The van der Waals surface area contributed by atoms with E-state index in [0.717, 1.165) is 37.1 Å². The number of carbonyl (C=O) groups is 1. The standard InChI is InChI=1S/C18H22N2O4S/c1-2-3-5-14-12-16(21)20-18(19-14)25-11-4-10-24-15-8-6-13(7-9-15)17(22)23/h6-9,12H,2-5,10-11H2,1H3,(H,22,23)(H,19,20,21). The van der Waals surface area contributed by atoms with Gasteiger partial charge in [0.15, 0.2) is 5.16 Å². The SMILES string of the molecule is CCCCc1cc(=O)[nH]c(SCCCOc2ccc(C(=O)O)cc2)n1. The zero-order chi connectivity index (χ0) is 18.1. The third-order valence-electron chi connectivity index (χ3n) is 3.46. The van der Waals surface area contributed by atoms with Crippen LogP contribution in [0.1, 0.15) is 42.2 Å². The van der Waals surface area contributed by atoms with Crippen molar-refractivity contribution < 1.29 is 14.6 Å². The van der Waals surface area contributed by atoms with Gasteiger partial charge < -0.3 is 14.8 Å². The minimum absolute atomic E-state index is 0.113. The Balaban J connectivity index is 1.74. The van der Waals surface area contributed by atoms with E-state index in [4.69, 9.17) is 9.84 Å². The summed E-state index contributed by atoms with van der Waals surface area (Å²) in [6.45, 7) is 2.62. The number of rotatable bonds is 10. The number of thioether (sulfide) groups is 1. The van der Waals surface area contributed by atoms with Crippen LogP contribution in [0.25, 0.3) is 0 Å². The van der Waals surface area contributed by atoms with Gasteiger partial charge in [0.2, 0.25) is 0 Å². The molecule has 2 aromatic rings. The monoisotopic (exact) mass is 362 g/mol. The molecule has 0 aliphatic heterocycles. The van der Waals surface area contributed by atoms with E-state index in [-0.39, 0.29) is 11.1 Å². The number of carboxylic acids is 1. The van der Waals surface area contributed by atoms with Crippen LogP contribution in [-0.2, 0) is 6.42 Å². The highest BCUT2D eigenvalue weighted by atomic mass is 32.2. The Bertz CT molecular complexity index is 743. The van der Waals surface area contributed by atoms with Gasteiger partial charge in [-0.25, -0.2) is 9.78 Å². The van der Waals surface area contributed by atoms with Crippen LogP contribution in [0.15, 0.2) is 40.3 Å². The summed E-state index contributed by atoms with van der Waals surface area (Å²) in [5.74, 6) is 0.460. The first kappa shape index (κ1) is 19.1. The molecule has 0 atom stereocenters. The number of benzene rings is 1. The Morgan fingerprint density at radius 2 is 2.04 bits per heavy atom. The fraction of sp³-hybridized carbons (Fsp3) is 0.389. The number of ether oxygens (including phenoxy) is 1. The summed E-state index contributed by atoms with van der Waals surface area (Å²) in [5, 5.41) is 9.48. The minimum Gasteiger partial charge on any atom is -0.494 e. The van der Waals surface area contributed by atoms with Gasteiger partial charge in [-0.1, -0.05) is 25.1 Å². The molecule has 0 radical (unpaired) electrons. The Morgan fingerprint density at radius 1 is 1.28 bits per heavy atom. The lowest BCUT2D eigenvalue weighted by Gasteiger charge is -2.07. The lowest BCUT2D eigenvalue weighted by Crippen LogP contribution is -2.10. The van der Waals surface area contributed by atoms with Crippen LogP contribution in [0, 0.1) is 0 Å². The van der Waals surface area contributed by atoms with Crippen molar-refractivity contribution in [2.24, 2.45) is 0 Å². The third-order valence-corrected chi connectivity index (χ3v) is 4.42. The number of H-pyrrole nitrogens is 1. The van der Waals surface area contributed by atoms with Crippen molar-refractivity contribution in [1.29, 1.82) is 0 Å². The fourth-order valence-electron chi connectivity index (χ4n) is 2.15. The lowest BCUT2D eigenvalue weighted by molar-refractivity contribution is 0.0697. The van der Waals surface area contributed by atoms with Crippen LogP contribution < -0.4 is 10.3 Å². The molecule has 0 bridgehead atoms. The summed E-state index contributed by atoms with van der Waals surface area (Å²) in [5.41, 5.74) is 0.960. The zero-order valence-electron chi connectivity index (χ0n) is 14.2. The highest BCUT2D eigenvalue weighted by Crippen LogP contribution is 2.15. The Labute approximate surface area is 150 Å².